The molecule has 0 saturated carbocycles. The minimum absolute atomic E-state index is 0.0123. The first-order chi connectivity index (χ1) is 10.3. The first-order valence-electron chi connectivity index (χ1n) is 6.69. The van der Waals surface area contributed by atoms with Gasteiger partial charge >= 0.3 is 5.97 Å². The molecule has 0 radical (unpaired) electrons. The smallest absolute Gasteiger partial charge is 0.322 e. The van der Waals surface area contributed by atoms with Crippen LogP contribution in [-0.2, 0) is 21.9 Å². The van der Waals surface area contributed by atoms with Crippen molar-refractivity contribution in [1.82, 2.24) is 9.29 Å². The number of carboxylic acids is 1. The number of carboxylic acid groups (broad SMARTS) is 1. The van der Waals surface area contributed by atoms with Crippen LogP contribution in [0.25, 0.3) is 10.9 Å². The maximum absolute atomic E-state index is 12.6. The van der Waals surface area contributed by atoms with Gasteiger partial charge in [0.15, 0.2) is 0 Å². The average molecular weight is 322 g/mol. The molecule has 1 aromatic heterocycles. The first-order valence-corrected chi connectivity index (χ1v) is 8.18. The molecular weight excluding hydrogens is 304 g/mol. The summed E-state index contributed by atoms with van der Waals surface area (Å²) in [5, 5.41) is 9.69. The number of nitrogens with one attached hydrogen (secondary N) is 1. The molecule has 0 unspecified atom stereocenters. The number of carbonyl (C=O) groups is 1. The molecular formula is C15H18N2O4S. The van der Waals surface area contributed by atoms with E-state index in [4.69, 9.17) is 5.11 Å². The Kier molecular flexibility index (Phi) is 4.39. The van der Waals surface area contributed by atoms with E-state index in [1.165, 1.54) is 6.08 Å². The number of hydrogen-bond acceptors (Lipinski definition) is 3. The Hall–Kier alpha value is -2.12. The van der Waals surface area contributed by atoms with Gasteiger partial charge in [0.2, 0.25) is 10.0 Å². The van der Waals surface area contributed by atoms with Gasteiger partial charge in [0.1, 0.15) is 10.9 Å². The third-order valence-corrected chi connectivity index (χ3v) is 5.26. The van der Waals surface area contributed by atoms with Crippen molar-refractivity contribution < 1.29 is 18.3 Å². The highest BCUT2D eigenvalue weighted by atomic mass is 32.2. The molecule has 118 valence electrons. The summed E-state index contributed by atoms with van der Waals surface area (Å²) in [5.74, 6) is -1.23. The molecule has 6 nitrogen and oxygen atoms in total. The molecule has 0 bridgehead atoms. The van der Waals surface area contributed by atoms with Crippen LogP contribution in [0.2, 0.25) is 0 Å². The van der Waals surface area contributed by atoms with E-state index < -0.39 is 22.0 Å². The van der Waals surface area contributed by atoms with Gasteiger partial charge in [-0.05, 0) is 19.4 Å². The molecule has 1 aromatic carbocycles. The van der Waals surface area contributed by atoms with Crippen molar-refractivity contribution in [2.24, 2.45) is 7.05 Å². The number of aryl methyl sites for hydroxylation is 1. The molecule has 0 fully saturated rings. The number of nitrogens with zero attached hydrogens (tertiary/aromatic N) is 1. The van der Waals surface area contributed by atoms with E-state index in [-0.39, 0.29) is 11.3 Å². The number of rotatable bonds is 6. The lowest BCUT2D eigenvalue weighted by molar-refractivity contribution is -0.138. The van der Waals surface area contributed by atoms with Crippen LogP contribution in [-0.4, -0.2) is 30.1 Å². The van der Waals surface area contributed by atoms with Gasteiger partial charge < -0.3 is 9.67 Å². The highest BCUT2D eigenvalue weighted by molar-refractivity contribution is 7.89. The molecule has 22 heavy (non-hydrogen) atoms. The normalized spacial score (nSPS) is 13.2. The lowest BCUT2D eigenvalue weighted by Gasteiger charge is -2.13. The van der Waals surface area contributed by atoms with Gasteiger partial charge in [0.25, 0.3) is 0 Å². The number of benzene rings is 1. The summed E-state index contributed by atoms with van der Waals surface area (Å²) in [6, 6.07) is 5.86. The van der Waals surface area contributed by atoms with Gasteiger partial charge in [0.05, 0.1) is 0 Å². The zero-order valence-electron chi connectivity index (χ0n) is 12.4. The van der Waals surface area contributed by atoms with Gasteiger partial charge in [-0.2, -0.15) is 4.72 Å². The molecule has 2 aromatic rings. The van der Waals surface area contributed by atoms with Crippen LogP contribution in [0.5, 0.6) is 0 Å². The number of aliphatic carboxylic acids is 1. The molecule has 1 heterocycles. The van der Waals surface area contributed by atoms with Gasteiger partial charge in [-0.1, -0.05) is 24.3 Å². The number of sulfonamides is 1. The predicted octanol–water partition coefficient (Wildman–Crippen LogP) is 1.79. The van der Waals surface area contributed by atoms with Crippen molar-refractivity contribution in [3.05, 3.63) is 42.6 Å². The van der Waals surface area contributed by atoms with E-state index in [9.17, 15) is 13.2 Å². The van der Waals surface area contributed by atoms with Crippen molar-refractivity contribution in [2.75, 3.05) is 0 Å². The Bertz CT molecular complexity index is 837. The van der Waals surface area contributed by atoms with Crippen molar-refractivity contribution >= 4 is 26.9 Å². The number of para-hydroxylation sites is 1. The SMILES string of the molecule is C=CC[C@@H](NS(=O)(=O)c1c(C)n(C)c2ccccc12)C(=O)O. The fraction of sp³-hybridized carbons (Fsp3) is 0.267. The third kappa shape index (κ3) is 2.77. The van der Waals surface area contributed by atoms with Crippen LogP contribution in [0, 0.1) is 6.92 Å². The zero-order valence-corrected chi connectivity index (χ0v) is 13.2. The van der Waals surface area contributed by atoms with Crippen molar-refractivity contribution in [3.63, 3.8) is 0 Å². The molecule has 2 N–H and O–H groups in total. The maximum atomic E-state index is 12.6. The molecule has 0 aliphatic heterocycles. The monoisotopic (exact) mass is 322 g/mol. The van der Waals surface area contributed by atoms with E-state index in [1.54, 1.807) is 30.7 Å². The minimum Gasteiger partial charge on any atom is -0.480 e. The number of aromatic nitrogens is 1. The minimum atomic E-state index is -3.96. The summed E-state index contributed by atoms with van der Waals surface area (Å²) in [5.41, 5.74) is 1.33. The molecule has 2 rings (SSSR count). The summed E-state index contributed by atoms with van der Waals surface area (Å²) in [7, 11) is -2.19. The van der Waals surface area contributed by atoms with Gasteiger partial charge in [-0.3, -0.25) is 4.79 Å². The third-order valence-electron chi connectivity index (χ3n) is 3.61. The first kappa shape index (κ1) is 16.3. The van der Waals surface area contributed by atoms with Crippen molar-refractivity contribution in [2.45, 2.75) is 24.3 Å². The summed E-state index contributed by atoms with van der Waals surface area (Å²) in [6.45, 7) is 5.15. The van der Waals surface area contributed by atoms with Gasteiger partial charge in [-0.25, -0.2) is 8.42 Å². The van der Waals surface area contributed by atoms with Crippen LogP contribution < -0.4 is 4.72 Å². The molecule has 7 heteroatoms. The van der Waals surface area contributed by atoms with Gasteiger partial charge in [-0.15, -0.1) is 6.58 Å². The lowest BCUT2D eigenvalue weighted by Crippen LogP contribution is -2.40. The second kappa shape index (κ2) is 5.94. The Labute approximate surface area is 129 Å². The van der Waals surface area contributed by atoms with E-state index in [2.05, 4.69) is 11.3 Å². The molecule has 1 atom stereocenters. The summed E-state index contributed by atoms with van der Waals surface area (Å²) in [4.78, 5) is 11.3. The van der Waals surface area contributed by atoms with Crippen LogP contribution in [0.15, 0.2) is 41.8 Å². The Morgan fingerprint density at radius 3 is 2.68 bits per heavy atom. The lowest BCUT2D eigenvalue weighted by atomic mass is 10.2. The Balaban J connectivity index is 2.57. The van der Waals surface area contributed by atoms with Crippen LogP contribution in [0.3, 0.4) is 0 Å². The van der Waals surface area contributed by atoms with E-state index in [0.29, 0.717) is 11.1 Å². The fourth-order valence-electron chi connectivity index (χ4n) is 2.44. The van der Waals surface area contributed by atoms with Crippen LogP contribution >= 0.6 is 0 Å². The Morgan fingerprint density at radius 1 is 1.45 bits per heavy atom. The average Bonchev–Trinajstić information content (AvgIpc) is 2.71. The predicted molar refractivity (Wildman–Crippen MR) is 84.2 cm³/mol. The summed E-state index contributed by atoms with van der Waals surface area (Å²) < 4.78 is 29.3. The highest BCUT2D eigenvalue weighted by Gasteiger charge is 2.29. The number of fused-ring (bicyclic) bond motifs is 1. The molecule has 0 aliphatic carbocycles. The molecule has 0 aliphatic rings. The highest BCUT2D eigenvalue weighted by Crippen LogP contribution is 2.28. The molecule has 0 spiro atoms. The second-order valence-electron chi connectivity index (χ2n) is 5.03. The quantitative estimate of drug-likeness (QED) is 0.794. The second-order valence-corrected chi connectivity index (χ2v) is 6.68. The summed E-state index contributed by atoms with van der Waals surface area (Å²) >= 11 is 0. The fourth-order valence-corrected chi connectivity index (χ4v) is 4.11. The van der Waals surface area contributed by atoms with E-state index in [0.717, 1.165) is 5.52 Å². The topological polar surface area (TPSA) is 88.4 Å². The summed E-state index contributed by atoms with van der Waals surface area (Å²) in [6.07, 6.45) is 1.38. The number of hydrogen-bond donors (Lipinski definition) is 2. The Morgan fingerprint density at radius 2 is 2.09 bits per heavy atom. The van der Waals surface area contributed by atoms with E-state index in [1.807, 2.05) is 12.1 Å². The standard InChI is InChI=1S/C15H18N2O4S/c1-4-7-12(15(18)19)16-22(20,21)14-10(2)17(3)13-9-6-5-8-11(13)14/h4-6,8-9,12,16H,1,7H2,2-3H3,(H,18,19)/t12-/m1/s1. The van der Waals surface area contributed by atoms with Crippen molar-refractivity contribution in [3.8, 4) is 0 Å². The van der Waals surface area contributed by atoms with Crippen LogP contribution in [0.4, 0.5) is 0 Å². The zero-order chi connectivity index (χ0) is 16.5. The molecule has 0 saturated heterocycles. The largest absolute Gasteiger partial charge is 0.480 e. The molecule has 0 amide bonds. The maximum Gasteiger partial charge on any atom is 0.322 e. The van der Waals surface area contributed by atoms with Gasteiger partial charge in [0, 0.05) is 23.6 Å². The van der Waals surface area contributed by atoms with E-state index >= 15 is 0 Å². The van der Waals surface area contributed by atoms with Crippen molar-refractivity contribution in [1.29, 1.82) is 0 Å². The van der Waals surface area contributed by atoms with Crippen LogP contribution in [0.1, 0.15) is 12.1 Å².